The number of anilines is 1. The van der Waals surface area contributed by atoms with E-state index >= 15 is 0 Å². The van der Waals surface area contributed by atoms with Crippen LogP contribution in [0.15, 0.2) is 24.3 Å². The number of para-hydroxylation sites is 1. The Balaban J connectivity index is 2.72. The predicted molar refractivity (Wildman–Crippen MR) is 80.5 cm³/mol. The van der Waals surface area contributed by atoms with E-state index in [1.807, 2.05) is 0 Å². The summed E-state index contributed by atoms with van der Waals surface area (Å²) in [6.45, 7) is 2.99. The minimum absolute atomic E-state index is 0.178. The molecule has 0 spiro atoms. The van der Waals surface area contributed by atoms with Gasteiger partial charge in [-0.25, -0.2) is 9.59 Å². The van der Waals surface area contributed by atoms with Crippen LogP contribution >= 0.6 is 0 Å². The van der Waals surface area contributed by atoms with Crippen LogP contribution < -0.4 is 5.32 Å². The van der Waals surface area contributed by atoms with Gasteiger partial charge in [0.15, 0.2) is 11.3 Å². The average Bonchev–Trinajstić information content (AvgIpc) is 2.51. The van der Waals surface area contributed by atoms with Gasteiger partial charge in [-0.3, -0.25) is 4.79 Å². The largest absolute Gasteiger partial charge is 0.467 e. The van der Waals surface area contributed by atoms with Gasteiger partial charge in [-0.05, 0) is 26.0 Å². The van der Waals surface area contributed by atoms with Crippen LogP contribution in [-0.2, 0) is 19.1 Å². The van der Waals surface area contributed by atoms with Gasteiger partial charge < -0.3 is 14.8 Å². The number of hydrogen-bond acceptors (Lipinski definition) is 6. The van der Waals surface area contributed by atoms with Gasteiger partial charge in [0.1, 0.15) is 0 Å². The normalized spacial score (nSPS) is 19.4. The second kappa shape index (κ2) is 5.63. The zero-order valence-electron chi connectivity index (χ0n) is 12.9. The van der Waals surface area contributed by atoms with Gasteiger partial charge in [-0.2, -0.15) is 0 Å². The molecule has 116 valence electrons. The van der Waals surface area contributed by atoms with E-state index in [1.165, 1.54) is 27.2 Å². The number of rotatable bonds is 3. The molecular weight excluding hydrogens is 286 g/mol. The van der Waals surface area contributed by atoms with Crippen LogP contribution in [0.4, 0.5) is 5.69 Å². The molecule has 2 rings (SSSR count). The van der Waals surface area contributed by atoms with Crippen molar-refractivity contribution in [2.24, 2.45) is 0 Å². The van der Waals surface area contributed by atoms with Crippen molar-refractivity contribution in [3.63, 3.8) is 0 Å². The molecule has 1 heterocycles. The number of fused-ring (bicyclic) bond motifs is 1. The number of methoxy groups -OCH3 is 2. The zero-order valence-corrected chi connectivity index (χ0v) is 12.9. The molecule has 0 saturated heterocycles. The Morgan fingerprint density at radius 2 is 1.82 bits per heavy atom. The maximum Gasteiger partial charge on any atom is 0.338 e. The number of esters is 2. The minimum Gasteiger partial charge on any atom is -0.467 e. The highest BCUT2D eigenvalue weighted by molar-refractivity contribution is 6.22. The van der Waals surface area contributed by atoms with E-state index < -0.39 is 17.5 Å². The summed E-state index contributed by atoms with van der Waals surface area (Å²) in [7, 11) is 2.52. The van der Waals surface area contributed by atoms with Crippen LogP contribution in [0.25, 0.3) is 5.57 Å². The van der Waals surface area contributed by atoms with Crippen molar-refractivity contribution in [2.75, 3.05) is 19.5 Å². The Bertz CT molecular complexity index is 692. The molecule has 1 unspecified atom stereocenters. The van der Waals surface area contributed by atoms with E-state index in [1.54, 1.807) is 25.1 Å². The monoisotopic (exact) mass is 303 g/mol. The van der Waals surface area contributed by atoms with Crippen molar-refractivity contribution in [3.8, 4) is 0 Å². The molecular formula is C16H17NO5. The lowest BCUT2D eigenvalue weighted by Crippen LogP contribution is -2.45. The summed E-state index contributed by atoms with van der Waals surface area (Å²) in [6, 6.07) is 5.00. The summed E-state index contributed by atoms with van der Waals surface area (Å²) < 4.78 is 9.57. The molecule has 1 aromatic carbocycles. The minimum atomic E-state index is -1.27. The maximum atomic E-state index is 12.1. The molecule has 6 heteroatoms. The molecule has 1 N–H and O–H groups in total. The van der Waals surface area contributed by atoms with Crippen LogP contribution in [0.1, 0.15) is 29.8 Å². The van der Waals surface area contributed by atoms with Crippen LogP contribution in [0.5, 0.6) is 0 Å². The number of carbonyl (C=O) groups is 3. The molecule has 22 heavy (non-hydrogen) atoms. The smallest absolute Gasteiger partial charge is 0.338 e. The SMILES string of the molecule is COC(=O)C1=CC(C)(C(=O)OC)Nc2c(C(C)=O)cccc21. The third-order valence-electron chi connectivity index (χ3n) is 3.57. The topological polar surface area (TPSA) is 81.7 Å². The lowest BCUT2D eigenvalue weighted by molar-refractivity contribution is -0.143. The van der Waals surface area contributed by atoms with Crippen molar-refractivity contribution >= 4 is 29.0 Å². The highest BCUT2D eigenvalue weighted by atomic mass is 16.5. The van der Waals surface area contributed by atoms with Gasteiger partial charge in [0.25, 0.3) is 0 Å². The molecule has 0 amide bonds. The number of carbonyl (C=O) groups excluding carboxylic acids is 3. The highest BCUT2D eigenvalue weighted by Crippen LogP contribution is 2.37. The Morgan fingerprint density at radius 3 is 2.36 bits per heavy atom. The lowest BCUT2D eigenvalue weighted by atomic mass is 9.87. The van der Waals surface area contributed by atoms with E-state index in [9.17, 15) is 14.4 Å². The summed E-state index contributed by atoms with van der Waals surface area (Å²) in [5, 5.41) is 3.00. The number of ketones is 1. The van der Waals surface area contributed by atoms with Crippen molar-refractivity contribution in [2.45, 2.75) is 19.4 Å². The van der Waals surface area contributed by atoms with E-state index in [-0.39, 0.29) is 11.4 Å². The number of ether oxygens (including phenoxy) is 2. The Labute approximate surface area is 128 Å². The van der Waals surface area contributed by atoms with Gasteiger partial charge >= 0.3 is 11.9 Å². The molecule has 1 aromatic rings. The first kappa shape index (κ1) is 15.8. The first-order chi connectivity index (χ1) is 10.3. The van der Waals surface area contributed by atoms with Gasteiger partial charge in [0, 0.05) is 11.1 Å². The Morgan fingerprint density at radius 1 is 1.14 bits per heavy atom. The third kappa shape index (κ3) is 2.47. The summed E-state index contributed by atoms with van der Waals surface area (Å²) in [6.07, 6.45) is 1.46. The average molecular weight is 303 g/mol. The molecule has 0 aromatic heterocycles. The van der Waals surface area contributed by atoms with Crippen molar-refractivity contribution in [3.05, 3.63) is 35.4 Å². The fraction of sp³-hybridized carbons (Fsp3) is 0.312. The summed E-state index contributed by atoms with van der Waals surface area (Å²) in [4.78, 5) is 35.9. The molecule has 6 nitrogen and oxygen atoms in total. The van der Waals surface area contributed by atoms with Crippen LogP contribution in [0, 0.1) is 0 Å². The summed E-state index contributed by atoms with van der Waals surface area (Å²) in [5.41, 5.74) is 0.276. The summed E-state index contributed by atoms with van der Waals surface area (Å²) >= 11 is 0. The summed E-state index contributed by atoms with van der Waals surface area (Å²) in [5.74, 6) is -1.33. The van der Waals surface area contributed by atoms with Crippen LogP contribution in [0.3, 0.4) is 0 Å². The number of Topliss-reactive ketones (excluding diaryl/α,β-unsaturated/α-hetero) is 1. The van der Waals surface area contributed by atoms with Crippen molar-refractivity contribution < 1.29 is 23.9 Å². The zero-order chi connectivity index (χ0) is 16.5. The first-order valence-corrected chi connectivity index (χ1v) is 6.66. The third-order valence-corrected chi connectivity index (χ3v) is 3.57. The Kier molecular flexibility index (Phi) is 4.03. The van der Waals surface area contributed by atoms with Gasteiger partial charge in [-0.15, -0.1) is 0 Å². The molecule has 0 aliphatic carbocycles. The molecule has 1 aliphatic rings. The molecule has 0 radical (unpaired) electrons. The maximum absolute atomic E-state index is 12.1. The van der Waals surface area contributed by atoms with Crippen molar-refractivity contribution in [1.29, 1.82) is 0 Å². The number of nitrogens with one attached hydrogen (secondary N) is 1. The lowest BCUT2D eigenvalue weighted by Gasteiger charge is -2.33. The van der Waals surface area contributed by atoms with Crippen LogP contribution in [0.2, 0.25) is 0 Å². The molecule has 1 atom stereocenters. The first-order valence-electron chi connectivity index (χ1n) is 6.66. The predicted octanol–water partition coefficient (Wildman–Crippen LogP) is 1.80. The van der Waals surface area contributed by atoms with Crippen LogP contribution in [-0.4, -0.2) is 37.5 Å². The fourth-order valence-electron chi connectivity index (χ4n) is 2.47. The second-order valence-electron chi connectivity index (χ2n) is 5.15. The standard InChI is InChI=1S/C16H17NO5/c1-9(18)10-6-5-7-11-12(14(19)21-3)8-16(2,15(20)22-4)17-13(10)11/h5-8,17H,1-4H3. The van der Waals surface area contributed by atoms with Gasteiger partial charge in [0.05, 0.1) is 25.5 Å². The van der Waals surface area contributed by atoms with E-state index in [0.29, 0.717) is 16.8 Å². The van der Waals surface area contributed by atoms with E-state index in [2.05, 4.69) is 5.32 Å². The molecule has 1 aliphatic heterocycles. The van der Waals surface area contributed by atoms with Crippen molar-refractivity contribution in [1.82, 2.24) is 0 Å². The van der Waals surface area contributed by atoms with Gasteiger partial charge in [-0.1, -0.05) is 12.1 Å². The quantitative estimate of drug-likeness (QED) is 0.677. The van der Waals surface area contributed by atoms with Gasteiger partial charge in [0.2, 0.25) is 0 Å². The fourth-order valence-corrected chi connectivity index (χ4v) is 2.47. The molecule has 0 fully saturated rings. The number of hydrogen-bond donors (Lipinski definition) is 1. The van der Waals surface area contributed by atoms with E-state index in [0.717, 1.165) is 0 Å². The second-order valence-corrected chi connectivity index (χ2v) is 5.15. The Hall–Kier alpha value is -2.63. The number of benzene rings is 1. The molecule has 0 saturated carbocycles. The van der Waals surface area contributed by atoms with E-state index in [4.69, 9.17) is 9.47 Å². The highest BCUT2D eigenvalue weighted by Gasteiger charge is 2.39. The molecule has 0 bridgehead atoms.